The standard InChI is InChI=1S/C11H21N3O4/c1-12-5-2-6-13-10(17)14-11(9(15)16)3-7-18-8-4-11/h12H,2-8H2,1H3,(H,15,16)(H2,13,14,17). The molecule has 1 heterocycles. The van der Waals surface area contributed by atoms with Crippen molar-refractivity contribution in [3.63, 3.8) is 0 Å². The summed E-state index contributed by atoms with van der Waals surface area (Å²) in [6, 6.07) is -0.435. The monoisotopic (exact) mass is 259 g/mol. The highest BCUT2D eigenvalue weighted by molar-refractivity contribution is 5.86. The van der Waals surface area contributed by atoms with Crippen LogP contribution in [0.4, 0.5) is 4.79 Å². The summed E-state index contributed by atoms with van der Waals surface area (Å²) < 4.78 is 5.13. The highest BCUT2D eigenvalue weighted by atomic mass is 16.5. The van der Waals surface area contributed by atoms with E-state index in [-0.39, 0.29) is 0 Å². The third-order valence-corrected chi connectivity index (χ3v) is 3.00. The van der Waals surface area contributed by atoms with Gasteiger partial charge in [-0.1, -0.05) is 0 Å². The lowest BCUT2D eigenvalue weighted by Crippen LogP contribution is -2.59. The van der Waals surface area contributed by atoms with E-state index in [2.05, 4.69) is 16.0 Å². The lowest BCUT2D eigenvalue weighted by atomic mass is 9.90. The van der Waals surface area contributed by atoms with Gasteiger partial charge in [-0.3, -0.25) is 0 Å². The highest BCUT2D eigenvalue weighted by Gasteiger charge is 2.41. The van der Waals surface area contributed by atoms with Crippen molar-refractivity contribution >= 4 is 12.0 Å². The van der Waals surface area contributed by atoms with Gasteiger partial charge in [0.1, 0.15) is 5.54 Å². The summed E-state index contributed by atoms with van der Waals surface area (Å²) in [6.07, 6.45) is 1.39. The fraction of sp³-hybridized carbons (Fsp3) is 0.818. The number of aliphatic carboxylic acids is 1. The molecule has 0 unspecified atom stereocenters. The van der Waals surface area contributed by atoms with Crippen LogP contribution in [-0.4, -0.2) is 56.0 Å². The first-order valence-electron chi connectivity index (χ1n) is 6.12. The van der Waals surface area contributed by atoms with E-state index in [4.69, 9.17) is 4.74 Å². The third kappa shape index (κ3) is 4.15. The van der Waals surface area contributed by atoms with E-state index in [0.717, 1.165) is 13.0 Å². The summed E-state index contributed by atoms with van der Waals surface area (Å²) in [5.41, 5.74) is -1.19. The van der Waals surface area contributed by atoms with Crippen LogP contribution in [0, 0.1) is 0 Å². The summed E-state index contributed by atoms with van der Waals surface area (Å²) in [5, 5.41) is 17.4. The molecule has 0 atom stereocenters. The summed E-state index contributed by atoms with van der Waals surface area (Å²) in [7, 11) is 1.83. The van der Waals surface area contributed by atoms with Crippen molar-refractivity contribution in [2.45, 2.75) is 24.8 Å². The molecule has 0 aromatic carbocycles. The van der Waals surface area contributed by atoms with Gasteiger partial charge in [0.05, 0.1) is 0 Å². The predicted octanol–water partition coefficient (Wildman–Crippen LogP) is -0.471. The van der Waals surface area contributed by atoms with Crippen LogP contribution in [0.5, 0.6) is 0 Å². The fourth-order valence-corrected chi connectivity index (χ4v) is 1.84. The molecule has 0 spiro atoms. The number of nitrogens with one attached hydrogen (secondary N) is 3. The van der Waals surface area contributed by atoms with Crippen LogP contribution >= 0.6 is 0 Å². The molecule has 0 aromatic rings. The molecule has 18 heavy (non-hydrogen) atoms. The highest BCUT2D eigenvalue weighted by Crippen LogP contribution is 2.20. The molecule has 4 N–H and O–H groups in total. The average molecular weight is 259 g/mol. The van der Waals surface area contributed by atoms with Gasteiger partial charge in [-0.2, -0.15) is 0 Å². The molecule has 1 aliphatic heterocycles. The van der Waals surface area contributed by atoms with E-state index in [9.17, 15) is 14.7 Å². The normalized spacial score (nSPS) is 18.1. The fourth-order valence-electron chi connectivity index (χ4n) is 1.84. The lowest BCUT2D eigenvalue weighted by molar-refractivity contribution is -0.148. The van der Waals surface area contributed by atoms with Crippen molar-refractivity contribution in [1.29, 1.82) is 0 Å². The van der Waals surface area contributed by atoms with Crippen molar-refractivity contribution < 1.29 is 19.4 Å². The molecular formula is C11H21N3O4. The minimum Gasteiger partial charge on any atom is -0.480 e. The largest absolute Gasteiger partial charge is 0.480 e. The minimum absolute atomic E-state index is 0.298. The number of carbonyl (C=O) groups excluding carboxylic acids is 1. The molecule has 1 saturated heterocycles. The van der Waals surface area contributed by atoms with Crippen LogP contribution in [0.15, 0.2) is 0 Å². The third-order valence-electron chi connectivity index (χ3n) is 3.00. The number of rotatable bonds is 6. The molecule has 7 nitrogen and oxygen atoms in total. The van der Waals surface area contributed by atoms with Crippen molar-refractivity contribution in [1.82, 2.24) is 16.0 Å². The maximum Gasteiger partial charge on any atom is 0.329 e. The Morgan fingerprint density at radius 1 is 1.28 bits per heavy atom. The Kier molecular flexibility index (Phi) is 5.87. The molecule has 0 bridgehead atoms. The van der Waals surface area contributed by atoms with Crippen molar-refractivity contribution in [3.05, 3.63) is 0 Å². The molecular weight excluding hydrogens is 238 g/mol. The maximum atomic E-state index is 11.6. The number of hydrogen-bond acceptors (Lipinski definition) is 4. The first kappa shape index (κ1) is 14.7. The zero-order valence-corrected chi connectivity index (χ0v) is 10.6. The summed E-state index contributed by atoms with van der Waals surface area (Å²) in [4.78, 5) is 22.9. The molecule has 104 valence electrons. The maximum absolute atomic E-state index is 11.6. The number of carboxylic acid groups (broad SMARTS) is 1. The van der Waals surface area contributed by atoms with Crippen LogP contribution in [0.2, 0.25) is 0 Å². The molecule has 0 aliphatic carbocycles. The Morgan fingerprint density at radius 3 is 2.50 bits per heavy atom. The van der Waals surface area contributed by atoms with Crippen LogP contribution in [0.25, 0.3) is 0 Å². The van der Waals surface area contributed by atoms with Gasteiger partial charge >= 0.3 is 12.0 Å². The van der Waals surface area contributed by atoms with Crippen LogP contribution in [0.3, 0.4) is 0 Å². The Balaban J connectivity index is 2.41. The van der Waals surface area contributed by atoms with E-state index in [0.29, 0.717) is 32.6 Å². The molecule has 0 aromatic heterocycles. The second-order valence-electron chi connectivity index (χ2n) is 4.34. The van der Waals surface area contributed by atoms with Gasteiger partial charge in [-0.05, 0) is 20.0 Å². The van der Waals surface area contributed by atoms with Gasteiger partial charge in [-0.25, -0.2) is 9.59 Å². The first-order valence-corrected chi connectivity index (χ1v) is 6.12. The number of ether oxygens (including phenoxy) is 1. The quantitative estimate of drug-likeness (QED) is 0.483. The van der Waals surface area contributed by atoms with E-state index >= 15 is 0 Å². The first-order chi connectivity index (χ1) is 8.60. The lowest BCUT2D eigenvalue weighted by Gasteiger charge is -2.33. The van der Waals surface area contributed by atoms with Crippen molar-refractivity contribution in [2.24, 2.45) is 0 Å². The predicted molar refractivity (Wildman–Crippen MR) is 65.5 cm³/mol. The molecule has 1 fully saturated rings. The number of amides is 2. The summed E-state index contributed by atoms with van der Waals surface area (Å²) in [5.74, 6) is -1.00. The Morgan fingerprint density at radius 2 is 1.94 bits per heavy atom. The van der Waals surface area contributed by atoms with Crippen LogP contribution < -0.4 is 16.0 Å². The van der Waals surface area contributed by atoms with Gasteiger partial charge in [0, 0.05) is 32.6 Å². The Hall–Kier alpha value is -1.34. The Bertz CT molecular complexity index is 290. The minimum atomic E-state index is -1.19. The van der Waals surface area contributed by atoms with Crippen LogP contribution in [0.1, 0.15) is 19.3 Å². The van der Waals surface area contributed by atoms with Gasteiger partial charge in [-0.15, -0.1) is 0 Å². The molecule has 0 radical (unpaired) electrons. The summed E-state index contributed by atoms with van der Waals surface area (Å²) >= 11 is 0. The zero-order valence-electron chi connectivity index (χ0n) is 10.6. The van der Waals surface area contributed by atoms with Crippen molar-refractivity contribution in [2.75, 3.05) is 33.4 Å². The van der Waals surface area contributed by atoms with Gasteiger partial charge in [0.15, 0.2) is 0 Å². The molecule has 7 heteroatoms. The van der Waals surface area contributed by atoms with Crippen molar-refractivity contribution in [3.8, 4) is 0 Å². The smallest absolute Gasteiger partial charge is 0.329 e. The SMILES string of the molecule is CNCCCNC(=O)NC1(C(=O)O)CCOCC1. The van der Waals surface area contributed by atoms with Gasteiger partial charge < -0.3 is 25.8 Å². The van der Waals surface area contributed by atoms with E-state index in [1.165, 1.54) is 0 Å². The second kappa shape index (κ2) is 7.17. The average Bonchev–Trinajstić information content (AvgIpc) is 2.35. The number of urea groups is 1. The second-order valence-corrected chi connectivity index (χ2v) is 4.34. The van der Waals surface area contributed by atoms with Gasteiger partial charge in [0.25, 0.3) is 0 Å². The molecule has 2 amide bonds. The molecule has 0 saturated carbocycles. The van der Waals surface area contributed by atoms with E-state index in [1.54, 1.807) is 0 Å². The van der Waals surface area contributed by atoms with Crippen LogP contribution in [-0.2, 0) is 9.53 Å². The number of hydrogen-bond donors (Lipinski definition) is 4. The topological polar surface area (TPSA) is 99.7 Å². The van der Waals surface area contributed by atoms with E-state index < -0.39 is 17.5 Å². The number of carbonyl (C=O) groups is 2. The molecule has 1 aliphatic rings. The number of carboxylic acids is 1. The zero-order chi connectivity index (χ0) is 13.4. The Labute approximate surface area is 106 Å². The van der Waals surface area contributed by atoms with Gasteiger partial charge in [0.2, 0.25) is 0 Å². The molecule has 1 rings (SSSR count). The van der Waals surface area contributed by atoms with E-state index in [1.807, 2.05) is 7.05 Å². The summed E-state index contributed by atoms with van der Waals surface area (Å²) in [6.45, 7) is 2.02.